The summed E-state index contributed by atoms with van der Waals surface area (Å²) in [5.41, 5.74) is 0.883. The summed E-state index contributed by atoms with van der Waals surface area (Å²) in [6.07, 6.45) is 2.20. The molecule has 0 bridgehead atoms. The Morgan fingerprint density at radius 3 is 3.00 bits per heavy atom. The van der Waals surface area contributed by atoms with Gasteiger partial charge in [0, 0.05) is 30.1 Å². The molecule has 1 unspecified atom stereocenters. The number of nitrogens with zero attached hydrogens (tertiary/aromatic N) is 2. The average Bonchev–Trinajstić information content (AvgIpc) is 2.45. The second-order valence-electron chi connectivity index (χ2n) is 3.20. The molecule has 74 valence electrons. The number of anilines is 1. The van der Waals surface area contributed by atoms with Gasteiger partial charge in [-0.05, 0) is 28.1 Å². The number of hydrogen-bond donors (Lipinski definition) is 1. The van der Waals surface area contributed by atoms with Crippen LogP contribution in [0.4, 0.5) is 5.69 Å². The predicted octanol–water partition coefficient (Wildman–Crippen LogP) is 1.88. The number of halogens is 1. The number of hydrogen-bond acceptors (Lipinski definition) is 3. The van der Waals surface area contributed by atoms with Crippen LogP contribution in [-0.4, -0.2) is 22.7 Å². The van der Waals surface area contributed by atoms with Crippen molar-refractivity contribution in [1.29, 1.82) is 0 Å². The van der Waals surface area contributed by atoms with Gasteiger partial charge >= 0.3 is 0 Å². The molecule has 0 spiro atoms. The van der Waals surface area contributed by atoms with Crippen molar-refractivity contribution < 1.29 is 4.79 Å². The van der Waals surface area contributed by atoms with Crippen LogP contribution in [0.2, 0.25) is 0 Å². The summed E-state index contributed by atoms with van der Waals surface area (Å²) in [6, 6.07) is 3.66. The van der Waals surface area contributed by atoms with E-state index >= 15 is 0 Å². The van der Waals surface area contributed by atoms with E-state index in [-0.39, 0.29) is 11.2 Å². The van der Waals surface area contributed by atoms with Crippen LogP contribution in [0, 0.1) is 0 Å². The number of rotatable bonds is 1. The molecule has 14 heavy (non-hydrogen) atoms. The molecule has 2 rings (SSSR count). The maximum atomic E-state index is 11.5. The minimum atomic E-state index is 0.128. The Kier molecular flexibility index (Phi) is 2.78. The molecule has 0 aromatic carbocycles. The van der Waals surface area contributed by atoms with Gasteiger partial charge in [0.25, 0.3) is 0 Å². The number of amides is 1. The minimum Gasteiger partial charge on any atom is -0.311 e. The molecule has 0 aliphatic carbocycles. The highest BCUT2D eigenvalue weighted by Crippen LogP contribution is 2.25. The highest BCUT2D eigenvalue weighted by atomic mass is 79.9. The molecule has 0 N–H and O–H groups in total. The molecule has 1 aliphatic heterocycles. The van der Waals surface area contributed by atoms with Crippen LogP contribution in [0.5, 0.6) is 0 Å². The van der Waals surface area contributed by atoms with Crippen LogP contribution in [0.15, 0.2) is 22.9 Å². The largest absolute Gasteiger partial charge is 0.311 e. The second-order valence-corrected chi connectivity index (χ2v) is 4.74. The van der Waals surface area contributed by atoms with Crippen molar-refractivity contribution in [3.8, 4) is 0 Å². The van der Waals surface area contributed by atoms with E-state index in [0.29, 0.717) is 13.0 Å². The van der Waals surface area contributed by atoms with Crippen molar-refractivity contribution in [2.24, 2.45) is 0 Å². The molecule has 3 nitrogen and oxygen atoms in total. The van der Waals surface area contributed by atoms with E-state index < -0.39 is 0 Å². The molecule has 1 saturated heterocycles. The molecule has 1 aromatic heterocycles. The first kappa shape index (κ1) is 9.98. The van der Waals surface area contributed by atoms with Gasteiger partial charge in [0.1, 0.15) is 4.60 Å². The summed E-state index contributed by atoms with van der Waals surface area (Å²) in [4.78, 5) is 17.3. The van der Waals surface area contributed by atoms with Gasteiger partial charge in [-0.3, -0.25) is 4.79 Å². The van der Waals surface area contributed by atoms with Gasteiger partial charge in [-0.1, -0.05) is 0 Å². The van der Waals surface area contributed by atoms with Gasteiger partial charge in [-0.25, -0.2) is 4.98 Å². The van der Waals surface area contributed by atoms with Gasteiger partial charge in [0.15, 0.2) is 0 Å². The third kappa shape index (κ3) is 1.93. The van der Waals surface area contributed by atoms with Crippen molar-refractivity contribution in [2.45, 2.75) is 11.7 Å². The van der Waals surface area contributed by atoms with Gasteiger partial charge in [-0.15, -0.1) is 0 Å². The Balaban J connectivity index is 2.27. The molecule has 1 aliphatic rings. The lowest BCUT2D eigenvalue weighted by Crippen LogP contribution is -2.24. The van der Waals surface area contributed by atoms with Gasteiger partial charge < -0.3 is 4.90 Å². The SMILES string of the molecule is O=C1CC(S)CN1c1ccnc(Br)c1. The summed E-state index contributed by atoms with van der Waals surface area (Å²) in [7, 11) is 0. The maximum absolute atomic E-state index is 11.5. The van der Waals surface area contributed by atoms with E-state index in [1.54, 1.807) is 11.1 Å². The second kappa shape index (κ2) is 3.90. The zero-order valence-electron chi connectivity index (χ0n) is 7.35. The van der Waals surface area contributed by atoms with E-state index in [1.807, 2.05) is 12.1 Å². The fraction of sp³-hybridized carbons (Fsp3) is 0.333. The topological polar surface area (TPSA) is 33.2 Å². The quantitative estimate of drug-likeness (QED) is 0.626. The van der Waals surface area contributed by atoms with Gasteiger partial charge in [-0.2, -0.15) is 12.6 Å². The lowest BCUT2D eigenvalue weighted by Gasteiger charge is -2.15. The highest BCUT2D eigenvalue weighted by Gasteiger charge is 2.28. The monoisotopic (exact) mass is 272 g/mol. The first-order valence-corrected chi connectivity index (χ1v) is 5.58. The van der Waals surface area contributed by atoms with Gasteiger partial charge in [0.05, 0.1) is 0 Å². The number of carbonyl (C=O) groups excluding carboxylic acids is 1. The summed E-state index contributed by atoms with van der Waals surface area (Å²) >= 11 is 7.57. The molecule has 1 aromatic rings. The van der Waals surface area contributed by atoms with Crippen LogP contribution < -0.4 is 4.90 Å². The van der Waals surface area contributed by atoms with Crippen molar-refractivity contribution in [3.63, 3.8) is 0 Å². The third-order valence-electron chi connectivity index (χ3n) is 2.13. The zero-order chi connectivity index (χ0) is 10.1. The molecule has 2 heterocycles. The van der Waals surface area contributed by atoms with Crippen molar-refractivity contribution in [3.05, 3.63) is 22.9 Å². The normalized spacial score (nSPS) is 21.7. The molecular formula is C9H9BrN2OS. The molecule has 5 heteroatoms. The molecule has 0 saturated carbocycles. The number of thiol groups is 1. The standard InChI is InChI=1S/C9H9BrN2OS/c10-8-3-6(1-2-11-8)12-5-7(14)4-9(12)13/h1-3,7,14H,4-5H2. The van der Waals surface area contributed by atoms with Crippen molar-refractivity contribution >= 4 is 40.2 Å². The number of pyridine rings is 1. The van der Waals surface area contributed by atoms with Gasteiger partial charge in [0.2, 0.25) is 5.91 Å². The molecule has 0 radical (unpaired) electrons. The highest BCUT2D eigenvalue weighted by molar-refractivity contribution is 9.10. The summed E-state index contributed by atoms with van der Waals surface area (Å²) in [5, 5.41) is 0.148. The number of aromatic nitrogens is 1. The van der Waals surface area contributed by atoms with E-state index in [2.05, 4.69) is 33.5 Å². The zero-order valence-corrected chi connectivity index (χ0v) is 9.83. The van der Waals surface area contributed by atoms with Crippen LogP contribution >= 0.6 is 28.6 Å². The lowest BCUT2D eigenvalue weighted by molar-refractivity contribution is -0.117. The van der Waals surface area contributed by atoms with Crippen LogP contribution in [0.1, 0.15) is 6.42 Å². The lowest BCUT2D eigenvalue weighted by atomic mass is 10.4. The smallest absolute Gasteiger partial charge is 0.228 e. The van der Waals surface area contributed by atoms with E-state index in [1.165, 1.54) is 0 Å². The summed E-state index contributed by atoms with van der Waals surface area (Å²) in [5.74, 6) is 0.128. The number of carbonyl (C=O) groups is 1. The Morgan fingerprint density at radius 2 is 2.43 bits per heavy atom. The first-order valence-electron chi connectivity index (χ1n) is 4.27. The van der Waals surface area contributed by atoms with Crippen LogP contribution in [-0.2, 0) is 4.79 Å². The van der Waals surface area contributed by atoms with Crippen molar-refractivity contribution in [2.75, 3.05) is 11.4 Å². The summed E-state index contributed by atoms with van der Waals surface area (Å²) < 4.78 is 0.741. The molecule has 1 amide bonds. The fourth-order valence-electron chi connectivity index (χ4n) is 1.50. The Bertz CT molecular complexity index is 372. The third-order valence-corrected chi connectivity index (χ3v) is 2.91. The Hall–Kier alpha value is -0.550. The minimum absolute atomic E-state index is 0.128. The van der Waals surface area contributed by atoms with Crippen LogP contribution in [0.25, 0.3) is 0 Å². The van der Waals surface area contributed by atoms with Crippen molar-refractivity contribution in [1.82, 2.24) is 4.98 Å². The molecule has 1 atom stereocenters. The van der Waals surface area contributed by atoms with E-state index in [4.69, 9.17) is 0 Å². The molecular weight excluding hydrogens is 264 g/mol. The van der Waals surface area contributed by atoms with Crippen LogP contribution in [0.3, 0.4) is 0 Å². The maximum Gasteiger partial charge on any atom is 0.228 e. The van der Waals surface area contributed by atoms with E-state index in [9.17, 15) is 4.79 Å². The average molecular weight is 273 g/mol. The predicted molar refractivity (Wildman–Crippen MR) is 61.7 cm³/mol. The van der Waals surface area contributed by atoms with E-state index in [0.717, 1.165) is 10.3 Å². The Labute approximate surface area is 96.0 Å². The fourth-order valence-corrected chi connectivity index (χ4v) is 2.17. The summed E-state index contributed by atoms with van der Waals surface area (Å²) in [6.45, 7) is 0.679. The Morgan fingerprint density at radius 1 is 1.64 bits per heavy atom. The molecule has 1 fully saturated rings. The first-order chi connectivity index (χ1) is 6.66.